The van der Waals surface area contributed by atoms with Crippen LogP contribution in [0.25, 0.3) is 0 Å². The standard InChI is InChI=1S/C19H17F2IN6O3/c20-19(21)5-13(6-23)28(10-19)15(29)7-25-18(31)14-9-27(26-16(14)22)8-11-1-3-12(4-2-11)17(24)30/h1-4,9,13H,5,7-8,10H2,(H2,24,30)(H,25,31)/t13-/m0/s1. The number of nitrogens with zero attached hydrogens (tertiary/aromatic N) is 4. The smallest absolute Gasteiger partial charge is 0.268 e. The lowest BCUT2D eigenvalue weighted by atomic mass is 10.1. The van der Waals surface area contributed by atoms with Gasteiger partial charge in [0.2, 0.25) is 11.8 Å². The highest BCUT2D eigenvalue weighted by molar-refractivity contribution is 14.1. The van der Waals surface area contributed by atoms with Crippen molar-refractivity contribution >= 4 is 40.3 Å². The Morgan fingerprint density at radius 2 is 2.00 bits per heavy atom. The first-order valence-electron chi connectivity index (χ1n) is 9.06. The van der Waals surface area contributed by atoms with Gasteiger partial charge in [0.25, 0.3) is 11.8 Å². The van der Waals surface area contributed by atoms with E-state index >= 15 is 0 Å². The topological polar surface area (TPSA) is 134 Å². The summed E-state index contributed by atoms with van der Waals surface area (Å²) in [5.41, 5.74) is 6.62. The zero-order valence-corrected chi connectivity index (χ0v) is 18.2. The van der Waals surface area contributed by atoms with Crippen molar-refractivity contribution in [3.63, 3.8) is 0 Å². The first kappa shape index (κ1) is 22.6. The van der Waals surface area contributed by atoms with Crippen molar-refractivity contribution in [3.8, 4) is 6.07 Å². The third-order valence-electron chi connectivity index (χ3n) is 4.68. The highest BCUT2D eigenvalue weighted by atomic mass is 127. The molecule has 3 amide bonds. The number of rotatable bonds is 6. The molecule has 0 aliphatic carbocycles. The van der Waals surface area contributed by atoms with Crippen molar-refractivity contribution in [1.29, 1.82) is 5.26 Å². The maximum Gasteiger partial charge on any atom is 0.268 e. The second kappa shape index (κ2) is 8.96. The summed E-state index contributed by atoms with van der Waals surface area (Å²) in [4.78, 5) is 36.6. The Bertz CT molecular complexity index is 1060. The number of amides is 3. The first-order valence-corrected chi connectivity index (χ1v) is 10.1. The van der Waals surface area contributed by atoms with E-state index in [9.17, 15) is 23.2 Å². The minimum atomic E-state index is -3.12. The fraction of sp³-hybridized carbons (Fsp3) is 0.316. The van der Waals surface area contributed by atoms with Gasteiger partial charge in [0.1, 0.15) is 9.74 Å². The molecule has 2 heterocycles. The summed E-state index contributed by atoms with van der Waals surface area (Å²) in [5, 5.41) is 15.6. The summed E-state index contributed by atoms with van der Waals surface area (Å²) in [6, 6.07) is 7.06. The van der Waals surface area contributed by atoms with Gasteiger partial charge in [-0.3, -0.25) is 19.1 Å². The highest BCUT2D eigenvalue weighted by Crippen LogP contribution is 2.31. The highest BCUT2D eigenvalue weighted by Gasteiger charge is 2.47. The van der Waals surface area contributed by atoms with Crippen molar-refractivity contribution in [2.45, 2.75) is 24.9 Å². The molecule has 0 spiro atoms. The lowest BCUT2D eigenvalue weighted by Crippen LogP contribution is -2.43. The largest absolute Gasteiger partial charge is 0.366 e. The summed E-state index contributed by atoms with van der Waals surface area (Å²) < 4.78 is 28.9. The summed E-state index contributed by atoms with van der Waals surface area (Å²) in [5.74, 6) is -5.00. The van der Waals surface area contributed by atoms with Crippen LogP contribution in [0, 0.1) is 15.0 Å². The number of benzene rings is 1. The fourth-order valence-corrected chi connectivity index (χ4v) is 3.80. The fourth-order valence-electron chi connectivity index (χ4n) is 3.14. The van der Waals surface area contributed by atoms with E-state index in [4.69, 9.17) is 11.0 Å². The number of aromatic nitrogens is 2. The van der Waals surface area contributed by atoms with Crippen LogP contribution < -0.4 is 11.1 Å². The number of nitriles is 1. The van der Waals surface area contributed by atoms with Gasteiger partial charge in [0.15, 0.2) is 0 Å². The third-order valence-corrected chi connectivity index (χ3v) is 5.48. The quantitative estimate of drug-likeness (QED) is 0.528. The van der Waals surface area contributed by atoms with Crippen LogP contribution in [0.3, 0.4) is 0 Å². The molecule has 0 unspecified atom stereocenters. The number of carbonyl (C=O) groups is 3. The van der Waals surface area contributed by atoms with Crippen LogP contribution in [0.5, 0.6) is 0 Å². The SMILES string of the molecule is N#C[C@@H]1CC(F)(F)CN1C(=O)CNC(=O)c1cn(Cc2ccc(C(N)=O)cc2)nc1I. The second-order valence-corrected chi connectivity index (χ2v) is 8.02. The normalized spacial score (nSPS) is 17.2. The molecule has 1 atom stereocenters. The Morgan fingerprint density at radius 3 is 2.61 bits per heavy atom. The lowest BCUT2D eigenvalue weighted by Gasteiger charge is -2.19. The molecule has 1 aromatic heterocycles. The summed E-state index contributed by atoms with van der Waals surface area (Å²) >= 11 is 1.87. The minimum Gasteiger partial charge on any atom is -0.366 e. The van der Waals surface area contributed by atoms with Gasteiger partial charge < -0.3 is 16.0 Å². The Hall–Kier alpha value is -3.08. The number of likely N-dealkylation sites (tertiary alicyclic amines) is 1. The molecule has 12 heteroatoms. The number of carbonyl (C=O) groups excluding carboxylic acids is 3. The van der Waals surface area contributed by atoms with Gasteiger partial charge in [0, 0.05) is 18.2 Å². The number of nitrogens with one attached hydrogen (secondary N) is 1. The molecule has 2 aromatic rings. The summed E-state index contributed by atoms with van der Waals surface area (Å²) in [7, 11) is 0. The Morgan fingerprint density at radius 1 is 1.32 bits per heavy atom. The number of halogens is 3. The molecule has 1 aromatic carbocycles. The van der Waals surface area contributed by atoms with E-state index < -0.39 is 49.2 Å². The van der Waals surface area contributed by atoms with Crippen LogP contribution >= 0.6 is 22.6 Å². The first-order chi connectivity index (χ1) is 14.6. The van der Waals surface area contributed by atoms with E-state index in [1.807, 2.05) is 22.6 Å². The summed E-state index contributed by atoms with van der Waals surface area (Å²) in [6.07, 6.45) is 0.778. The van der Waals surface area contributed by atoms with Gasteiger partial charge in [-0.15, -0.1) is 0 Å². The van der Waals surface area contributed by atoms with E-state index in [0.717, 1.165) is 10.5 Å². The van der Waals surface area contributed by atoms with Crippen molar-refractivity contribution in [2.24, 2.45) is 5.73 Å². The van der Waals surface area contributed by atoms with Crippen LogP contribution in [0.1, 0.15) is 32.7 Å². The molecular formula is C19H17F2IN6O3. The summed E-state index contributed by atoms with van der Waals surface area (Å²) in [6.45, 7) is -1.03. The molecule has 1 saturated heterocycles. The van der Waals surface area contributed by atoms with Gasteiger partial charge in [-0.05, 0) is 40.3 Å². The predicted octanol–water partition coefficient (Wildman–Crippen LogP) is 1.12. The van der Waals surface area contributed by atoms with Crippen molar-refractivity contribution in [3.05, 3.63) is 50.9 Å². The molecule has 31 heavy (non-hydrogen) atoms. The number of hydrogen-bond acceptors (Lipinski definition) is 5. The van der Waals surface area contributed by atoms with E-state index in [1.54, 1.807) is 30.3 Å². The van der Waals surface area contributed by atoms with Gasteiger partial charge in [-0.1, -0.05) is 12.1 Å². The molecule has 0 radical (unpaired) electrons. The maximum atomic E-state index is 13.5. The lowest BCUT2D eigenvalue weighted by molar-refractivity contribution is -0.131. The van der Waals surface area contributed by atoms with Crippen molar-refractivity contribution in [1.82, 2.24) is 20.0 Å². The average Bonchev–Trinajstić information content (AvgIpc) is 3.24. The molecule has 0 bridgehead atoms. The molecule has 3 N–H and O–H groups in total. The Kier molecular flexibility index (Phi) is 6.54. The van der Waals surface area contributed by atoms with E-state index in [1.165, 1.54) is 10.9 Å². The molecule has 1 aliphatic rings. The minimum absolute atomic E-state index is 0.214. The van der Waals surface area contributed by atoms with Gasteiger partial charge in [-0.25, -0.2) is 8.78 Å². The van der Waals surface area contributed by atoms with Crippen LogP contribution in [-0.4, -0.2) is 57.5 Å². The van der Waals surface area contributed by atoms with Gasteiger partial charge in [0.05, 0.1) is 31.3 Å². The van der Waals surface area contributed by atoms with E-state index in [0.29, 0.717) is 15.8 Å². The number of primary amides is 1. The molecule has 3 rings (SSSR count). The van der Waals surface area contributed by atoms with Crippen LogP contribution in [-0.2, 0) is 11.3 Å². The molecular weight excluding hydrogens is 525 g/mol. The van der Waals surface area contributed by atoms with Gasteiger partial charge in [-0.2, -0.15) is 10.4 Å². The molecule has 0 saturated carbocycles. The maximum absolute atomic E-state index is 13.5. The van der Waals surface area contributed by atoms with Crippen LogP contribution in [0.4, 0.5) is 8.78 Å². The van der Waals surface area contributed by atoms with Crippen LogP contribution in [0.15, 0.2) is 30.5 Å². The average molecular weight is 542 g/mol. The number of alkyl halides is 2. The van der Waals surface area contributed by atoms with E-state index in [2.05, 4.69) is 10.4 Å². The van der Waals surface area contributed by atoms with Gasteiger partial charge >= 0.3 is 0 Å². The second-order valence-electron chi connectivity index (χ2n) is 7.00. The third kappa shape index (κ3) is 5.35. The molecule has 162 valence electrons. The molecule has 1 fully saturated rings. The van der Waals surface area contributed by atoms with E-state index in [-0.39, 0.29) is 5.56 Å². The molecule has 1 aliphatic heterocycles. The predicted molar refractivity (Wildman–Crippen MR) is 112 cm³/mol. The Balaban J connectivity index is 1.61. The monoisotopic (exact) mass is 542 g/mol. The van der Waals surface area contributed by atoms with Crippen LogP contribution in [0.2, 0.25) is 0 Å². The number of hydrogen-bond donors (Lipinski definition) is 2. The van der Waals surface area contributed by atoms with Crippen molar-refractivity contribution < 1.29 is 23.2 Å². The Labute approximate surface area is 189 Å². The zero-order valence-electron chi connectivity index (χ0n) is 16.0. The van der Waals surface area contributed by atoms with Crippen molar-refractivity contribution in [2.75, 3.05) is 13.1 Å². The number of nitrogens with two attached hydrogens (primary N) is 1. The molecule has 9 nitrogen and oxygen atoms in total. The zero-order chi connectivity index (χ0) is 22.8.